The van der Waals surface area contributed by atoms with E-state index >= 15 is 0 Å². The van der Waals surface area contributed by atoms with Gasteiger partial charge in [0, 0.05) is 63.8 Å². The Labute approximate surface area is 375 Å². The third-order valence-electron chi connectivity index (χ3n) is 13.4. The zero-order chi connectivity index (χ0) is 41.5. The third-order valence-corrected chi connectivity index (χ3v) is 15.6. The zero-order valence-corrected chi connectivity index (χ0v) is 36.0. The molecule has 10 aromatic rings. The Morgan fingerprint density at radius 3 is 1.52 bits per heavy atom. The summed E-state index contributed by atoms with van der Waals surface area (Å²) in [6, 6.07) is 76.4. The molecule has 0 saturated carbocycles. The standard InChI is InChI=1S/C59H40N2S2/c1-4-18-39(19-5-1)60(40-20-6-2-7-21-40)42-32-34-45-46-35-33-43(37-57(46)63-56(45)36-42)61(41-22-8-3-9-23-41)53-38-52-58(47-25-11-10-24-44(47)53)48-26-12-13-27-49(48)59(52)50-28-14-16-30-54(50)62-55-31-17-15-29-51(55)59/h1-12,14-26,28-38H,13,27H2. The predicted molar refractivity (Wildman–Crippen MR) is 268 cm³/mol. The largest absolute Gasteiger partial charge is 0.310 e. The quantitative estimate of drug-likeness (QED) is 0.165. The Balaban J connectivity index is 1.04. The molecule has 0 atom stereocenters. The SMILES string of the molecule is C1=CC2=C(CC1)C1(c3ccccc3Sc3ccccc31)c1cc(N(c3ccccc3)c3ccc4c(c3)sc3cc(N(c5ccccc5)c5ccccc5)ccc34)c3ccccc3c12. The second-order valence-corrected chi connectivity index (χ2v) is 18.8. The van der Waals surface area contributed by atoms with E-state index in [1.165, 1.54) is 79.8 Å². The van der Waals surface area contributed by atoms with Gasteiger partial charge < -0.3 is 9.80 Å². The van der Waals surface area contributed by atoms with Gasteiger partial charge in [-0.1, -0.05) is 151 Å². The fourth-order valence-corrected chi connectivity index (χ4v) is 13.2. The van der Waals surface area contributed by atoms with Gasteiger partial charge in [-0.05, 0) is 130 Å². The van der Waals surface area contributed by atoms with Crippen LogP contribution in [0.2, 0.25) is 0 Å². The molecule has 9 aromatic carbocycles. The highest BCUT2D eigenvalue weighted by Gasteiger charge is 2.52. The van der Waals surface area contributed by atoms with Crippen molar-refractivity contribution in [1.82, 2.24) is 0 Å². The number of hydrogen-bond acceptors (Lipinski definition) is 4. The van der Waals surface area contributed by atoms with E-state index in [-0.39, 0.29) is 0 Å². The van der Waals surface area contributed by atoms with Crippen molar-refractivity contribution in [2.24, 2.45) is 0 Å². The van der Waals surface area contributed by atoms with Gasteiger partial charge >= 0.3 is 0 Å². The highest BCUT2D eigenvalue weighted by Crippen LogP contribution is 2.64. The first-order valence-corrected chi connectivity index (χ1v) is 23.4. The van der Waals surface area contributed by atoms with E-state index in [1.807, 2.05) is 23.1 Å². The minimum atomic E-state index is -0.407. The van der Waals surface area contributed by atoms with Gasteiger partial charge in [0.1, 0.15) is 0 Å². The molecule has 0 fully saturated rings. The highest BCUT2D eigenvalue weighted by atomic mass is 32.2. The zero-order valence-electron chi connectivity index (χ0n) is 34.4. The van der Waals surface area contributed by atoms with Gasteiger partial charge in [-0.3, -0.25) is 0 Å². The second-order valence-electron chi connectivity index (χ2n) is 16.7. The van der Waals surface area contributed by atoms with Crippen LogP contribution >= 0.6 is 23.1 Å². The average Bonchev–Trinajstić information content (AvgIpc) is 3.86. The first kappa shape index (κ1) is 36.5. The monoisotopic (exact) mass is 840 g/mol. The van der Waals surface area contributed by atoms with Crippen LogP contribution in [0.4, 0.5) is 34.1 Å². The summed E-state index contributed by atoms with van der Waals surface area (Å²) in [5.41, 5.74) is 15.0. The maximum absolute atomic E-state index is 2.57. The summed E-state index contributed by atoms with van der Waals surface area (Å²) < 4.78 is 2.54. The van der Waals surface area contributed by atoms with Gasteiger partial charge in [0.25, 0.3) is 0 Å². The minimum Gasteiger partial charge on any atom is -0.310 e. The van der Waals surface area contributed by atoms with Crippen molar-refractivity contribution < 1.29 is 0 Å². The second kappa shape index (κ2) is 14.5. The van der Waals surface area contributed by atoms with Crippen LogP contribution in [0.25, 0.3) is 36.5 Å². The molecule has 0 radical (unpaired) electrons. The highest BCUT2D eigenvalue weighted by molar-refractivity contribution is 7.99. The van der Waals surface area contributed by atoms with Crippen LogP contribution in [0.3, 0.4) is 0 Å². The molecule has 0 unspecified atom stereocenters. The summed E-state index contributed by atoms with van der Waals surface area (Å²) >= 11 is 3.79. The number of fused-ring (bicyclic) bond motifs is 13. The third kappa shape index (κ3) is 5.51. The number of hydrogen-bond donors (Lipinski definition) is 0. The molecule has 3 aliphatic rings. The van der Waals surface area contributed by atoms with E-state index in [2.05, 4.69) is 228 Å². The maximum atomic E-state index is 2.57. The number of allylic oxidation sites excluding steroid dienone is 4. The minimum absolute atomic E-state index is 0.407. The number of anilines is 6. The van der Waals surface area contributed by atoms with Crippen molar-refractivity contribution in [3.63, 3.8) is 0 Å². The number of rotatable bonds is 6. The molecule has 1 aromatic heterocycles. The van der Waals surface area contributed by atoms with Crippen LogP contribution in [0.15, 0.2) is 234 Å². The van der Waals surface area contributed by atoms with Crippen LogP contribution in [0.1, 0.15) is 35.1 Å². The summed E-state index contributed by atoms with van der Waals surface area (Å²) in [5.74, 6) is 0. The topological polar surface area (TPSA) is 6.48 Å². The number of nitrogens with zero attached hydrogens (tertiary/aromatic N) is 2. The van der Waals surface area contributed by atoms with Gasteiger partial charge in [-0.25, -0.2) is 0 Å². The molecule has 2 nitrogen and oxygen atoms in total. The molecule has 2 aliphatic carbocycles. The summed E-state index contributed by atoms with van der Waals surface area (Å²) in [5, 5.41) is 5.10. The van der Waals surface area contributed by atoms with Crippen molar-refractivity contribution in [3.8, 4) is 0 Å². The molecular formula is C59H40N2S2. The van der Waals surface area contributed by atoms with Crippen LogP contribution < -0.4 is 9.80 Å². The number of benzene rings is 9. The average molecular weight is 841 g/mol. The van der Waals surface area contributed by atoms with Crippen LogP contribution in [-0.2, 0) is 5.41 Å². The fourth-order valence-electron chi connectivity index (χ4n) is 10.8. The lowest BCUT2D eigenvalue weighted by molar-refractivity contribution is 0.664. The molecule has 4 heteroatoms. The van der Waals surface area contributed by atoms with Gasteiger partial charge in [0.15, 0.2) is 0 Å². The first-order valence-electron chi connectivity index (χ1n) is 21.8. The van der Waals surface area contributed by atoms with Gasteiger partial charge in [-0.15, -0.1) is 11.3 Å². The molecule has 298 valence electrons. The molecule has 0 saturated heterocycles. The van der Waals surface area contributed by atoms with Crippen molar-refractivity contribution in [2.75, 3.05) is 9.80 Å². The van der Waals surface area contributed by atoms with Crippen molar-refractivity contribution in [2.45, 2.75) is 28.0 Å². The van der Waals surface area contributed by atoms with Gasteiger partial charge in [0.2, 0.25) is 0 Å². The fraction of sp³-hybridized carbons (Fsp3) is 0.0508. The Hall–Kier alpha value is -7.11. The Bertz CT molecular complexity index is 3410. The lowest BCUT2D eigenvalue weighted by atomic mass is 9.65. The predicted octanol–water partition coefficient (Wildman–Crippen LogP) is 17.1. The Kier molecular flexibility index (Phi) is 8.40. The van der Waals surface area contributed by atoms with E-state index in [9.17, 15) is 0 Å². The molecule has 1 spiro atoms. The molecule has 0 N–H and O–H groups in total. The Morgan fingerprint density at radius 1 is 0.413 bits per heavy atom. The van der Waals surface area contributed by atoms with E-state index in [0.717, 1.165) is 41.3 Å². The smallest absolute Gasteiger partial charge is 0.0699 e. The summed E-state index contributed by atoms with van der Waals surface area (Å²) in [6.07, 6.45) is 6.89. The number of para-hydroxylation sites is 3. The summed E-state index contributed by atoms with van der Waals surface area (Å²) in [6.45, 7) is 0. The van der Waals surface area contributed by atoms with E-state index in [4.69, 9.17) is 0 Å². The lowest BCUT2D eigenvalue weighted by Crippen LogP contribution is -2.33. The first-order chi connectivity index (χ1) is 31.3. The van der Waals surface area contributed by atoms with Crippen molar-refractivity contribution in [3.05, 3.63) is 246 Å². The molecular weight excluding hydrogens is 801 g/mol. The van der Waals surface area contributed by atoms with Gasteiger partial charge in [0.05, 0.1) is 11.1 Å². The van der Waals surface area contributed by atoms with E-state index in [1.54, 1.807) is 0 Å². The maximum Gasteiger partial charge on any atom is 0.0699 e. The Morgan fingerprint density at radius 2 is 0.921 bits per heavy atom. The van der Waals surface area contributed by atoms with Gasteiger partial charge in [-0.2, -0.15) is 0 Å². The summed E-state index contributed by atoms with van der Waals surface area (Å²) in [7, 11) is 0. The van der Waals surface area contributed by atoms with Crippen LogP contribution in [0, 0.1) is 0 Å². The molecule has 2 heterocycles. The van der Waals surface area contributed by atoms with Crippen molar-refractivity contribution in [1.29, 1.82) is 0 Å². The van der Waals surface area contributed by atoms with E-state index < -0.39 is 5.41 Å². The van der Waals surface area contributed by atoms with E-state index in [0.29, 0.717) is 0 Å². The molecule has 0 bridgehead atoms. The molecule has 0 amide bonds. The molecule has 1 aliphatic heterocycles. The normalized spacial score (nSPS) is 14.5. The van der Waals surface area contributed by atoms with Crippen molar-refractivity contribution >= 4 is 93.7 Å². The molecule has 63 heavy (non-hydrogen) atoms. The summed E-state index contributed by atoms with van der Waals surface area (Å²) in [4.78, 5) is 7.55. The molecule has 13 rings (SSSR count). The lowest BCUT2D eigenvalue weighted by Gasteiger charge is -2.42. The van der Waals surface area contributed by atoms with Crippen LogP contribution in [-0.4, -0.2) is 0 Å². The number of thiophene rings is 1. The van der Waals surface area contributed by atoms with Crippen LogP contribution in [0.5, 0.6) is 0 Å².